The van der Waals surface area contributed by atoms with Crippen molar-refractivity contribution in [2.45, 2.75) is 25.6 Å². The van der Waals surface area contributed by atoms with E-state index in [9.17, 15) is 5.11 Å². The van der Waals surface area contributed by atoms with Gasteiger partial charge in [-0.15, -0.1) is 0 Å². The lowest BCUT2D eigenvalue weighted by Crippen LogP contribution is -2.24. The first-order valence-corrected chi connectivity index (χ1v) is 4.56. The van der Waals surface area contributed by atoms with E-state index in [1.54, 1.807) is 0 Å². The van der Waals surface area contributed by atoms with E-state index in [1.165, 1.54) is 5.56 Å². The number of rotatable bonds is 1. The van der Waals surface area contributed by atoms with Crippen molar-refractivity contribution in [2.24, 2.45) is 5.73 Å². The summed E-state index contributed by atoms with van der Waals surface area (Å²) < 4.78 is 0. The van der Waals surface area contributed by atoms with Gasteiger partial charge in [0.1, 0.15) is 6.23 Å². The molecule has 1 atom stereocenters. The summed E-state index contributed by atoms with van der Waals surface area (Å²) in [6.07, 6.45) is 1.31. The molecule has 1 aromatic rings. The van der Waals surface area contributed by atoms with Crippen LogP contribution < -0.4 is 11.1 Å². The zero-order valence-corrected chi connectivity index (χ0v) is 7.46. The summed E-state index contributed by atoms with van der Waals surface area (Å²) in [4.78, 5) is 0. The second-order valence-corrected chi connectivity index (χ2v) is 3.39. The largest absolute Gasteiger partial charge is 0.374 e. The molecule has 0 saturated heterocycles. The van der Waals surface area contributed by atoms with E-state index in [2.05, 4.69) is 11.4 Å². The third kappa shape index (κ3) is 1.66. The summed E-state index contributed by atoms with van der Waals surface area (Å²) in [6.45, 7) is 0.579. The molecule has 70 valence electrons. The quantitative estimate of drug-likeness (QED) is 0.596. The maximum atomic E-state index is 9.35. The molecule has 1 heterocycles. The van der Waals surface area contributed by atoms with Crippen LogP contribution in [0.15, 0.2) is 18.2 Å². The highest BCUT2D eigenvalue weighted by molar-refractivity contribution is 5.54. The minimum Gasteiger partial charge on any atom is -0.374 e. The molecule has 0 bridgehead atoms. The van der Waals surface area contributed by atoms with Gasteiger partial charge in [-0.05, 0) is 30.0 Å². The highest BCUT2D eigenvalue weighted by Crippen LogP contribution is 2.24. The van der Waals surface area contributed by atoms with E-state index in [0.717, 1.165) is 24.1 Å². The van der Waals surface area contributed by atoms with Gasteiger partial charge in [0.2, 0.25) is 0 Å². The van der Waals surface area contributed by atoms with Gasteiger partial charge in [0.05, 0.1) is 0 Å². The Morgan fingerprint density at radius 1 is 1.54 bits per heavy atom. The molecule has 1 aromatic carbocycles. The Labute approximate surface area is 77.6 Å². The number of aliphatic hydroxyl groups is 1. The monoisotopic (exact) mass is 178 g/mol. The molecule has 3 nitrogen and oxygen atoms in total. The number of aryl methyl sites for hydroxylation is 1. The van der Waals surface area contributed by atoms with Gasteiger partial charge in [0.15, 0.2) is 0 Å². The van der Waals surface area contributed by atoms with Gasteiger partial charge in [-0.25, -0.2) is 0 Å². The van der Waals surface area contributed by atoms with E-state index < -0.39 is 6.23 Å². The van der Waals surface area contributed by atoms with Crippen molar-refractivity contribution in [2.75, 3.05) is 5.32 Å². The van der Waals surface area contributed by atoms with E-state index in [1.807, 2.05) is 12.1 Å². The third-order valence-electron chi connectivity index (χ3n) is 2.41. The van der Waals surface area contributed by atoms with Gasteiger partial charge in [0.25, 0.3) is 0 Å². The van der Waals surface area contributed by atoms with Crippen molar-refractivity contribution in [3.05, 3.63) is 29.3 Å². The van der Waals surface area contributed by atoms with Crippen LogP contribution in [0.1, 0.15) is 17.5 Å². The van der Waals surface area contributed by atoms with E-state index in [0.29, 0.717) is 6.54 Å². The lowest BCUT2D eigenvalue weighted by atomic mass is 10.00. The fourth-order valence-electron chi connectivity index (χ4n) is 1.67. The summed E-state index contributed by atoms with van der Waals surface area (Å²) >= 11 is 0. The molecule has 1 unspecified atom stereocenters. The Morgan fingerprint density at radius 2 is 2.38 bits per heavy atom. The van der Waals surface area contributed by atoms with E-state index in [-0.39, 0.29) is 0 Å². The van der Waals surface area contributed by atoms with Gasteiger partial charge >= 0.3 is 0 Å². The standard InChI is InChI=1S/C10H14N2O/c11-6-7-1-3-9-8(5-7)2-4-10(13)12-9/h1,3,5,10,12-13H,2,4,6,11H2. The van der Waals surface area contributed by atoms with Crippen molar-refractivity contribution in [3.63, 3.8) is 0 Å². The topological polar surface area (TPSA) is 58.3 Å². The number of hydrogen-bond donors (Lipinski definition) is 3. The Morgan fingerprint density at radius 3 is 3.15 bits per heavy atom. The van der Waals surface area contributed by atoms with Crippen LogP contribution in [0, 0.1) is 0 Å². The van der Waals surface area contributed by atoms with Gasteiger partial charge in [-0.3, -0.25) is 0 Å². The second-order valence-electron chi connectivity index (χ2n) is 3.39. The molecule has 13 heavy (non-hydrogen) atoms. The molecule has 2 rings (SSSR count). The van der Waals surface area contributed by atoms with Crippen LogP contribution in [0.4, 0.5) is 5.69 Å². The Kier molecular flexibility index (Phi) is 2.20. The molecule has 0 saturated carbocycles. The molecule has 0 fully saturated rings. The molecule has 1 aliphatic rings. The van der Waals surface area contributed by atoms with E-state index >= 15 is 0 Å². The minimum atomic E-state index is -0.392. The number of hydrogen-bond acceptors (Lipinski definition) is 3. The summed E-state index contributed by atoms with van der Waals surface area (Å²) in [6, 6.07) is 6.08. The highest BCUT2D eigenvalue weighted by Gasteiger charge is 2.14. The maximum absolute atomic E-state index is 9.35. The fraction of sp³-hybridized carbons (Fsp3) is 0.400. The average molecular weight is 178 g/mol. The molecule has 0 amide bonds. The first-order valence-electron chi connectivity index (χ1n) is 4.56. The van der Waals surface area contributed by atoms with Gasteiger partial charge in [-0.1, -0.05) is 12.1 Å². The van der Waals surface area contributed by atoms with Crippen molar-refractivity contribution >= 4 is 5.69 Å². The number of nitrogens with one attached hydrogen (secondary N) is 1. The smallest absolute Gasteiger partial charge is 0.124 e. The average Bonchev–Trinajstić information content (AvgIpc) is 2.17. The van der Waals surface area contributed by atoms with Crippen molar-refractivity contribution in [1.82, 2.24) is 0 Å². The van der Waals surface area contributed by atoms with Crippen LogP contribution in [0.3, 0.4) is 0 Å². The van der Waals surface area contributed by atoms with Gasteiger partial charge < -0.3 is 16.2 Å². The molecule has 0 aliphatic carbocycles. The van der Waals surface area contributed by atoms with Crippen LogP contribution >= 0.6 is 0 Å². The number of benzene rings is 1. The zero-order chi connectivity index (χ0) is 9.26. The number of fused-ring (bicyclic) bond motifs is 1. The number of nitrogens with two attached hydrogens (primary N) is 1. The molecule has 3 heteroatoms. The fourth-order valence-corrected chi connectivity index (χ4v) is 1.67. The van der Waals surface area contributed by atoms with Crippen molar-refractivity contribution in [3.8, 4) is 0 Å². The lowest BCUT2D eigenvalue weighted by molar-refractivity contribution is 0.189. The van der Waals surface area contributed by atoms with E-state index in [4.69, 9.17) is 5.73 Å². The maximum Gasteiger partial charge on any atom is 0.124 e. The molecule has 0 aromatic heterocycles. The Hall–Kier alpha value is -1.06. The summed E-state index contributed by atoms with van der Waals surface area (Å²) in [7, 11) is 0. The number of aliphatic hydroxyl groups excluding tert-OH is 1. The van der Waals surface area contributed by atoms with Crippen LogP contribution in [-0.4, -0.2) is 11.3 Å². The predicted octanol–water partition coefficient (Wildman–Crippen LogP) is 0.822. The molecule has 0 spiro atoms. The Balaban J connectivity index is 2.31. The van der Waals surface area contributed by atoms with Crippen LogP contribution in [-0.2, 0) is 13.0 Å². The first-order chi connectivity index (χ1) is 6.29. The summed E-state index contributed by atoms with van der Waals surface area (Å²) in [5.41, 5.74) is 8.99. The SMILES string of the molecule is NCc1ccc2c(c1)CCC(O)N2. The van der Waals surface area contributed by atoms with Crippen molar-refractivity contribution < 1.29 is 5.11 Å². The van der Waals surface area contributed by atoms with Crippen LogP contribution in [0.5, 0.6) is 0 Å². The van der Waals surface area contributed by atoms with Crippen LogP contribution in [0.2, 0.25) is 0 Å². The van der Waals surface area contributed by atoms with Gasteiger partial charge in [-0.2, -0.15) is 0 Å². The summed E-state index contributed by atoms with van der Waals surface area (Å²) in [5, 5.41) is 12.4. The minimum absolute atomic E-state index is 0.392. The predicted molar refractivity (Wildman–Crippen MR) is 52.3 cm³/mol. The summed E-state index contributed by atoms with van der Waals surface area (Å²) in [5.74, 6) is 0. The molecular weight excluding hydrogens is 164 g/mol. The zero-order valence-electron chi connectivity index (χ0n) is 7.46. The highest BCUT2D eigenvalue weighted by atomic mass is 16.3. The van der Waals surface area contributed by atoms with Crippen LogP contribution in [0.25, 0.3) is 0 Å². The van der Waals surface area contributed by atoms with Gasteiger partial charge in [0, 0.05) is 12.2 Å². The second kappa shape index (κ2) is 3.36. The van der Waals surface area contributed by atoms with Crippen molar-refractivity contribution in [1.29, 1.82) is 0 Å². The number of anilines is 1. The normalized spacial score (nSPS) is 20.6. The third-order valence-corrected chi connectivity index (χ3v) is 2.41. The molecule has 0 radical (unpaired) electrons. The molecule has 4 N–H and O–H groups in total. The lowest BCUT2D eigenvalue weighted by Gasteiger charge is -2.23. The Bertz CT molecular complexity index is 312. The molecular formula is C10H14N2O. The first kappa shape index (κ1) is 8.53. The molecule has 1 aliphatic heterocycles.